The van der Waals surface area contributed by atoms with Crippen molar-refractivity contribution < 1.29 is 10.2 Å². The fourth-order valence-electron chi connectivity index (χ4n) is 7.08. The molecule has 7 atom stereocenters. The van der Waals surface area contributed by atoms with Gasteiger partial charge in [-0.25, -0.2) is 0 Å². The lowest BCUT2D eigenvalue weighted by atomic mass is 9.52. The number of rotatable bonds is 2. The molecule has 2 heteroatoms. The van der Waals surface area contributed by atoms with Crippen LogP contribution < -0.4 is 0 Å². The Morgan fingerprint density at radius 1 is 1.29 bits per heavy atom. The van der Waals surface area contributed by atoms with Crippen molar-refractivity contribution in [3.05, 3.63) is 23.8 Å². The Morgan fingerprint density at radius 2 is 2.12 bits per heavy atom. The minimum absolute atomic E-state index is 0.204. The molecule has 0 aromatic carbocycles. The van der Waals surface area contributed by atoms with Crippen LogP contribution in [0.2, 0.25) is 0 Å². The monoisotopic (exact) mass is 330 g/mol. The molecule has 0 aromatic rings. The zero-order chi connectivity index (χ0) is 16.9. The summed E-state index contributed by atoms with van der Waals surface area (Å²) >= 11 is 0. The Kier molecular flexibility index (Phi) is 4.20. The fraction of sp³-hybridized carbons (Fsp3) is 0.818. The first-order valence-electron chi connectivity index (χ1n) is 10.2. The zero-order valence-electron chi connectivity index (χ0n) is 15.4. The molecule has 2 bridgehead atoms. The molecule has 4 aliphatic carbocycles. The predicted octanol–water partition coefficient (Wildman–Crippen LogP) is 4.47. The van der Waals surface area contributed by atoms with Crippen LogP contribution in [0.5, 0.6) is 0 Å². The summed E-state index contributed by atoms with van der Waals surface area (Å²) in [6, 6.07) is 0. The molecular weight excluding hydrogens is 296 g/mol. The average molecular weight is 331 g/mol. The quantitative estimate of drug-likeness (QED) is 0.784. The minimum atomic E-state index is -0.522. The van der Waals surface area contributed by atoms with Crippen LogP contribution >= 0.6 is 0 Å². The Balaban J connectivity index is 1.67. The summed E-state index contributed by atoms with van der Waals surface area (Å²) in [5.74, 6) is 2.52. The molecule has 2 nitrogen and oxygen atoms in total. The molecule has 2 saturated carbocycles. The molecule has 0 aliphatic heterocycles. The van der Waals surface area contributed by atoms with Crippen LogP contribution in [-0.4, -0.2) is 22.4 Å². The first-order chi connectivity index (χ1) is 11.5. The first kappa shape index (κ1) is 16.8. The average Bonchev–Trinajstić information content (AvgIpc) is 2.93. The van der Waals surface area contributed by atoms with Gasteiger partial charge in [0.15, 0.2) is 0 Å². The van der Waals surface area contributed by atoms with Gasteiger partial charge in [-0.05, 0) is 86.4 Å². The fourth-order valence-corrected chi connectivity index (χ4v) is 7.08. The van der Waals surface area contributed by atoms with E-state index in [1.54, 1.807) is 0 Å². The molecule has 0 saturated heterocycles. The number of aliphatic hydroxyl groups excluding tert-OH is 1. The molecule has 0 heterocycles. The molecular formula is C22H34O2. The van der Waals surface area contributed by atoms with E-state index in [1.165, 1.54) is 44.1 Å². The second-order valence-electron chi connectivity index (χ2n) is 9.56. The second-order valence-corrected chi connectivity index (χ2v) is 9.56. The Bertz CT molecular complexity index is 550. The largest absolute Gasteiger partial charge is 0.396 e. The lowest BCUT2D eigenvalue weighted by Crippen LogP contribution is -2.56. The van der Waals surface area contributed by atoms with Crippen molar-refractivity contribution in [1.82, 2.24) is 0 Å². The van der Waals surface area contributed by atoms with Crippen molar-refractivity contribution in [2.24, 2.45) is 35.0 Å². The van der Waals surface area contributed by atoms with Crippen LogP contribution in [0, 0.1) is 35.0 Å². The molecule has 24 heavy (non-hydrogen) atoms. The number of aliphatic hydroxyl groups is 2. The molecule has 2 N–H and O–H groups in total. The molecule has 0 amide bonds. The van der Waals surface area contributed by atoms with E-state index in [9.17, 15) is 10.2 Å². The van der Waals surface area contributed by atoms with E-state index in [0.29, 0.717) is 23.7 Å². The lowest BCUT2D eigenvalue weighted by molar-refractivity contribution is -0.152. The summed E-state index contributed by atoms with van der Waals surface area (Å²) in [4.78, 5) is 0. The molecule has 0 radical (unpaired) electrons. The van der Waals surface area contributed by atoms with Crippen LogP contribution in [0.3, 0.4) is 0 Å². The molecule has 0 aromatic heterocycles. The first-order valence-corrected chi connectivity index (χ1v) is 10.2. The minimum Gasteiger partial charge on any atom is -0.396 e. The van der Waals surface area contributed by atoms with E-state index in [0.717, 1.165) is 18.8 Å². The van der Waals surface area contributed by atoms with Crippen LogP contribution in [-0.2, 0) is 0 Å². The van der Waals surface area contributed by atoms with E-state index < -0.39 is 5.60 Å². The Morgan fingerprint density at radius 3 is 2.92 bits per heavy atom. The van der Waals surface area contributed by atoms with Gasteiger partial charge >= 0.3 is 0 Å². The van der Waals surface area contributed by atoms with Crippen LogP contribution in [0.25, 0.3) is 0 Å². The Labute approximate surface area is 147 Å². The van der Waals surface area contributed by atoms with Gasteiger partial charge in [-0.1, -0.05) is 37.6 Å². The summed E-state index contributed by atoms with van der Waals surface area (Å²) in [6.45, 7) is 4.90. The molecule has 0 spiro atoms. The van der Waals surface area contributed by atoms with E-state index in [4.69, 9.17) is 0 Å². The smallest absolute Gasteiger partial charge is 0.0743 e. The third-order valence-electron chi connectivity index (χ3n) is 8.36. The molecule has 134 valence electrons. The van der Waals surface area contributed by atoms with Gasteiger partial charge in [0.2, 0.25) is 0 Å². The van der Waals surface area contributed by atoms with Crippen LogP contribution in [0.1, 0.15) is 65.2 Å². The van der Waals surface area contributed by atoms with Crippen LogP contribution in [0.4, 0.5) is 0 Å². The predicted molar refractivity (Wildman–Crippen MR) is 97.4 cm³/mol. The number of hydrogen-bond acceptors (Lipinski definition) is 2. The highest BCUT2D eigenvalue weighted by Crippen LogP contribution is 2.64. The third kappa shape index (κ3) is 2.44. The summed E-state index contributed by atoms with van der Waals surface area (Å²) in [6.07, 6.45) is 16.1. The molecule has 2 fully saturated rings. The lowest BCUT2D eigenvalue weighted by Gasteiger charge is -2.55. The van der Waals surface area contributed by atoms with Crippen molar-refractivity contribution in [2.45, 2.75) is 70.8 Å². The SMILES string of the molecule is C[C@H](CO)[C@H]1CCC2[C@]3(O)CC=C4C=CCC(C4)CC3CC[C@@]21C. The Hall–Kier alpha value is -0.600. The summed E-state index contributed by atoms with van der Waals surface area (Å²) in [5.41, 5.74) is 1.13. The summed E-state index contributed by atoms with van der Waals surface area (Å²) in [7, 11) is 0. The van der Waals surface area contributed by atoms with E-state index in [1.807, 2.05) is 0 Å². The standard InChI is InChI=1S/C22H34O2/c1-15(14-23)19-6-7-20-21(19,2)10-9-18-13-17-5-3-4-16(12-17)8-11-22(18,20)24/h3-4,8,15,17-20,23-24H,5-7,9-14H2,1-2H3/t15-,17?,18?,19-,20?,21-,22+/m1/s1. The number of fused-ring (bicyclic) bond motifs is 5. The van der Waals surface area contributed by atoms with Gasteiger partial charge in [-0.3, -0.25) is 0 Å². The topological polar surface area (TPSA) is 40.5 Å². The van der Waals surface area contributed by atoms with Crippen molar-refractivity contribution in [1.29, 1.82) is 0 Å². The summed E-state index contributed by atoms with van der Waals surface area (Å²) in [5, 5.41) is 21.6. The number of allylic oxidation sites excluding steroid dienone is 3. The highest BCUT2D eigenvalue weighted by atomic mass is 16.3. The summed E-state index contributed by atoms with van der Waals surface area (Å²) < 4.78 is 0. The van der Waals surface area contributed by atoms with Crippen molar-refractivity contribution >= 4 is 0 Å². The van der Waals surface area contributed by atoms with Gasteiger partial charge in [-0.2, -0.15) is 0 Å². The van der Waals surface area contributed by atoms with Gasteiger partial charge in [0.05, 0.1) is 5.60 Å². The van der Waals surface area contributed by atoms with Crippen molar-refractivity contribution in [2.75, 3.05) is 6.61 Å². The molecule has 4 rings (SSSR count). The van der Waals surface area contributed by atoms with Crippen molar-refractivity contribution in [3.63, 3.8) is 0 Å². The van der Waals surface area contributed by atoms with Crippen molar-refractivity contribution in [3.8, 4) is 0 Å². The van der Waals surface area contributed by atoms with Gasteiger partial charge in [0, 0.05) is 6.61 Å². The third-order valence-corrected chi connectivity index (χ3v) is 8.36. The van der Waals surface area contributed by atoms with Gasteiger partial charge in [0.1, 0.15) is 0 Å². The maximum absolute atomic E-state index is 11.9. The second kappa shape index (κ2) is 5.99. The van der Waals surface area contributed by atoms with Crippen LogP contribution in [0.15, 0.2) is 23.8 Å². The maximum atomic E-state index is 11.9. The van der Waals surface area contributed by atoms with Gasteiger partial charge in [-0.15, -0.1) is 0 Å². The molecule has 3 unspecified atom stereocenters. The zero-order valence-corrected chi connectivity index (χ0v) is 15.4. The van der Waals surface area contributed by atoms with E-state index in [-0.39, 0.29) is 12.0 Å². The normalized spacial score (nSPS) is 48.8. The highest BCUT2D eigenvalue weighted by molar-refractivity contribution is 5.26. The number of hydrogen-bond donors (Lipinski definition) is 2. The highest BCUT2D eigenvalue weighted by Gasteiger charge is 2.60. The van der Waals surface area contributed by atoms with Gasteiger partial charge < -0.3 is 10.2 Å². The maximum Gasteiger partial charge on any atom is 0.0743 e. The molecule has 4 aliphatic rings. The van der Waals surface area contributed by atoms with E-state index >= 15 is 0 Å². The van der Waals surface area contributed by atoms with E-state index in [2.05, 4.69) is 32.1 Å². The van der Waals surface area contributed by atoms with Gasteiger partial charge in [0.25, 0.3) is 0 Å².